The highest BCUT2D eigenvalue weighted by Gasteiger charge is 2.13. The third kappa shape index (κ3) is 4.14. The van der Waals surface area contributed by atoms with Crippen LogP contribution in [0, 0.1) is 0 Å². The summed E-state index contributed by atoms with van der Waals surface area (Å²) in [5, 5.41) is 4.82. The largest absolute Gasteiger partial charge is 0.383 e. The van der Waals surface area contributed by atoms with Gasteiger partial charge in [0.25, 0.3) is 0 Å². The van der Waals surface area contributed by atoms with Gasteiger partial charge in [-0.25, -0.2) is 4.98 Å². The molecule has 0 saturated carbocycles. The summed E-state index contributed by atoms with van der Waals surface area (Å²) in [7, 11) is 4.21. The van der Waals surface area contributed by atoms with Crippen LogP contribution in [-0.2, 0) is 0 Å². The van der Waals surface area contributed by atoms with Gasteiger partial charge in [0.1, 0.15) is 5.82 Å². The number of fused-ring (bicyclic) bond motifs is 1. The summed E-state index contributed by atoms with van der Waals surface area (Å²) in [5.74, 6) is 1.12. The normalized spacial score (nSPS) is 15.9. The zero-order valence-corrected chi connectivity index (χ0v) is 14.4. The van der Waals surface area contributed by atoms with E-state index in [1.54, 1.807) is 0 Å². The monoisotopic (exact) mass is 312 g/mol. The van der Waals surface area contributed by atoms with E-state index in [1.807, 2.05) is 0 Å². The van der Waals surface area contributed by atoms with Gasteiger partial charge in [0.15, 0.2) is 0 Å². The zero-order valence-electron chi connectivity index (χ0n) is 14.4. The number of para-hydroxylation sites is 1. The summed E-state index contributed by atoms with van der Waals surface area (Å²) in [4.78, 5) is 9.58. The minimum absolute atomic E-state index is 0.945. The highest BCUT2D eigenvalue weighted by Crippen LogP contribution is 2.28. The topological polar surface area (TPSA) is 31.4 Å². The number of rotatable bonds is 5. The minimum atomic E-state index is 0.945. The highest BCUT2D eigenvalue weighted by molar-refractivity contribution is 5.93. The first-order valence-corrected chi connectivity index (χ1v) is 8.77. The van der Waals surface area contributed by atoms with E-state index in [0.29, 0.717) is 0 Å². The molecule has 1 saturated heterocycles. The third-order valence-electron chi connectivity index (χ3n) is 4.51. The number of anilines is 2. The second-order valence-corrected chi connectivity index (χ2v) is 6.68. The molecule has 1 aliphatic heterocycles. The van der Waals surface area contributed by atoms with Gasteiger partial charge >= 0.3 is 0 Å². The molecule has 3 rings (SSSR count). The molecule has 1 aromatic carbocycles. The van der Waals surface area contributed by atoms with Crippen LogP contribution in [0.4, 0.5) is 11.5 Å². The number of pyridine rings is 1. The number of hydrogen-bond acceptors (Lipinski definition) is 4. The lowest BCUT2D eigenvalue weighted by molar-refractivity contribution is 0.425. The quantitative estimate of drug-likeness (QED) is 0.914. The first-order valence-electron chi connectivity index (χ1n) is 8.77. The van der Waals surface area contributed by atoms with Gasteiger partial charge in [-0.2, -0.15) is 0 Å². The van der Waals surface area contributed by atoms with Gasteiger partial charge in [-0.1, -0.05) is 31.0 Å². The Balaban J connectivity index is 1.89. The Labute approximate surface area is 139 Å². The van der Waals surface area contributed by atoms with Crippen LogP contribution in [0.5, 0.6) is 0 Å². The Bertz CT molecular complexity index is 630. The van der Waals surface area contributed by atoms with E-state index < -0.39 is 0 Å². The molecular formula is C19H28N4. The van der Waals surface area contributed by atoms with Crippen LogP contribution in [0.25, 0.3) is 10.9 Å². The van der Waals surface area contributed by atoms with Crippen molar-refractivity contribution in [2.24, 2.45) is 0 Å². The van der Waals surface area contributed by atoms with Crippen LogP contribution in [0.15, 0.2) is 30.3 Å². The molecule has 0 aliphatic carbocycles. The van der Waals surface area contributed by atoms with Gasteiger partial charge in [-0.3, -0.25) is 0 Å². The van der Waals surface area contributed by atoms with Crippen LogP contribution in [-0.4, -0.2) is 50.2 Å². The second kappa shape index (κ2) is 7.64. The van der Waals surface area contributed by atoms with Crippen LogP contribution < -0.4 is 10.2 Å². The van der Waals surface area contributed by atoms with Gasteiger partial charge in [0.05, 0.1) is 5.52 Å². The summed E-state index contributed by atoms with van der Waals surface area (Å²) in [5.41, 5.74) is 2.29. The van der Waals surface area contributed by atoms with Crippen molar-refractivity contribution in [3.8, 4) is 0 Å². The number of aromatic nitrogens is 1. The van der Waals surface area contributed by atoms with Gasteiger partial charge in [-0.15, -0.1) is 0 Å². The van der Waals surface area contributed by atoms with Crippen LogP contribution in [0.2, 0.25) is 0 Å². The molecule has 0 amide bonds. The van der Waals surface area contributed by atoms with Crippen molar-refractivity contribution in [3.05, 3.63) is 30.3 Å². The van der Waals surface area contributed by atoms with Crippen molar-refractivity contribution in [1.82, 2.24) is 9.88 Å². The first kappa shape index (κ1) is 16.1. The summed E-state index contributed by atoms with van der Waals surface area (Å²) in [6.45, 7) is 4.22. The number of nitrogens with zero attached hydrogens (tertiary/aromatic N) is 3. The highest BCUT2D eigenvalue weighted by atomic mass is 15.2. The van der Waals surface area contributed by atoms with Crippen molar-refractivity contribution < 1.29 is 0 Å². The molecule has 2 aromatic rings. The Hall–Kier alpha value is -1.81. The molecule has 0 spiro atoms. The molecule has 4 heteroatoms. The molecule has 0 radical (unpaired) electrons. The zero-order chi connectivity index (χ0) is 16.1. The molecule has 0 unspecified atom stereocenters. The molecule has 1 fully saturated rings. The summed E-state index contributed by atoms with van der Waals surface area (Å²) in [6.07, 6.45) is 5.24. The Morgan fingerprint density at radius 3 is 2.57 bits per heavy atom. The van der Waals surface area contributed by atoms with E-state index in [-0.39, 0.29) is 0 Å². The van der Waals surface area contributed by atoms with E-state index in [2.05, 4.69) is 59.5 Å². The van der Waals surface area contributed by atoms with Gasteiger partial charge in [-0.05, 0) is 33.0 Å². The number of benzene rings is 1. The molecular weight excluding hydrogens is 284 g/mol. The summed E-state index contributed by atoms with van der Waals surface area (Å²) >= 11 is 0. The van der Waals surface area contributed by atoms with E-state index in [1.165, 1.54) is 36.8 Å². The molecule has 4 nitrogen and oxygen atoms in total. The van der Waals surface area contributed by atoms with Crippen molar-refractivity contribution in [2.75, 3.05) is 50.5 Å². The van der Waals surface area contributed by atoms with E-state index >= 15 is 0 Å². The van der Waals surface area contributed by atoms with E-state index in [0.717, 1.165) is 37.5 Å². The summed E-state index contributed by atoms with van der Waals surface area (Å²) in [6, 6.07) is 10.7. The fraction of sp³-hybridized carbons (Fsp3) is 0.526. The fourth-order valence-electron chi connectivity index (χ4n) is 3.18. The van der Waals surface area contributed by atoms with Crippen molar-refractivity contribution in [1.29, 1.82) is 0 Å². The second-order valence-electron chi connectivity index (χ2n) is 6.68. The summed E-state index contributed by atoms with van der Waals surface area (Å²) < 4.78 is 0. The average molecular weight is 312 g/mol. The maximum atomic E-state index is 4.92. The van der Waals surface area contributed by atoms with Gasteiger partial charge in [0.2, 0.25) is 0 Å². The minimum Gasteiger partial charge on any atom is -0.383 e. The third-order valence-corrected chi connectivity index (χ3v) is 4.51. The Morgan fingerprint density at radius 2 is 1.83 bits per heavy atom. The number of hydrogen-bond donors (Lipinski definition) is 1. The average Bonchev–Trinajstić information content (AvgIpc) is 2.83. The lowest BCUT2D eigenvalue weighted by Gasteiger charge is -2.23. The van der Waals surface area contributed by atoms with Crippen molar-refractivity contribution >= 4 is 22.4 Å². The Morgan fingerprint density at radius 1 is 1.09 bits per heavy atom. The maximum Gasteiger partial charge on any atom is 0.131 e. The van der Waals surface area contributed by atoms with Crippen molar-refractivity contribution in [2.45, 2.75) is 25.7 Å². The Kier molecular flexibility index (Phi) is 5.34. The maximum absolute atomic E-state index is 4.92. The lowest BCUT2D eigenvalue weighted by Crippen LogP contribution is -2.25. The van der Waals surface area contributed by atoms with Crippen molar-refractivity contribution in [3.63, 3.8) is 0 Å². The number of likely N-dealkylation sites (N-methyl/N-ethyl adjacent to an activating group) is 1. The number of nitrogens with one attached hydrogen (secondary N) is 1. The molecule has 2 heterocycles. The van der Waals surface area contributed by atoms with Crippen LogP contribution in [0.3, 0.4) is 0 Å². The van der Waals surface area contributed by atoms with Crippen LogP contribution in [0.1, 0.15) is 25.7 Å². The molecule has 0 bridgehead atoms. The van der Waals surface area contributed by atoms with E-state index in [9.17, 15) is 0 Å². The molecule has 23 heavy (non-hydrogen) atoms. The van der Waals surface area contributed by atoms with E-state index in [4.69, 9.17) is 4.98 Å². The molecule has 124 valence electrons. The predicted molar refractivity (Wildman–Crippen MR) is 99.5 cm³/mol. The fourth-order valence-corrected chi connectivity index (χ4v) is 3.18. The van der Waals surface area contributed by atoms with Gasteiger partial charge in [0, 0.05) is 43.3 Å². The van der Waals surface area contributed by atoms with Crippen LogP contribution >= 0.6 is 0 Å². The molecule has 1 N–H and O–H groups in total. The standard InChI is InChI=1S/C19H28N4/c1-22(2)14-11-20-18-15-19(23-12-7-3-4-8-13-23)21-17-10-6-5-9-16(17)18/h5-6,9-10,15H,3-4,7-8,11-14H2,1-2H3,(H,20,21). The smallest absolute Gasteiger partial charge is 0.131 e. The molecule has 1 aromatic heterocycles. The molecule has 0 atom stereocenters. The predicted octanol–water partition coefficient (Wildman–Crippen LogP) is 3.59. The SMILES string of the molecule is CN(C)CCNc1cc(N2CCCCCC2)nc2ccccc12. The lowest BCUT2D eigenvalue weighted by atomic mass is 10.1. The molecule has 1 aliphatic rings. The first-order chi connectivity index (χ1) is 11.2. The van der Waals surface area contributed by atoms with Gasteiger partial charge < -0.3 is 15.1 Å².